The maximum atomic E-state index is 12.7. The first-order valence-electron chi connectivity index (χ1n) is 11.1. The van der Waals surface area contributed by atoms with Crippen molar-refractivity contribution in [2.45, 2.75) is 37.9 Å². The van der Waals surface area contributed by atoms with Crippen LogP contribution in [0.1, 0.15) is 29.8 Å². The van der Waals surface area contributed by atoms with Crippen molar-refractivity contribution in [3.8, 4) is 5.75 Å². The van der Waals surface area contributed by atoms with Gasteiger partial charge >= 0.3 is 5.97 Å². The van der Waals surface area contributed by atoms with Crippen molar-refractivity contribution in [2.24, 2.45) is 0 Å². The van der Waals surface area contributed by atoms with E-state index >= 15 is 0 Å². The molecular formula is C25H31ClO10. The van der Waals surface area contributed by atoms with Crippen molar-refractivity contribution in [1.29, 1.82) is 0 Å². The van der Waals surface area contributed by atoms with Gasteiger partial charge in [0.2, 0.25) is 0 Å². The number of benzene rings is 2. The van der Waals surface area contributed by atoms with Crippen LogP contribution in [-0.4, -0.2) is 89.3 Å². The van der Waals surface area contributed by atoms with Crippen LogP contribution in [0.25, 0.3) is 0 Å². The number of ether oxygens (including phenoxy) is 4. The highest BCUT2D eigenvalue weighted by Crippen LogP contribution is 2.22. The molecule has 198 valence electrons. The summed E-state index contributed by atoms with van der Waals surface area (Å²) in [6.07, 6.45) is -3.38. The lowest BCUT2D eigenvalue weighted by Crippen LogP contribution is -2.42. The van der Waals surface area contributed by atoms with Crippen LogP contribution in [0.3, 0.4) is 0 Å². The minimum absolute atomic E-state index is 0.194. The van der Waals surface area contributed by atoms with E-state index < -0.39 is 49.9 Å². The predicted octanol–water partition coefficient (Wildman–Crippen LogP) is 1.34. The molecule has 0 saturated carbocycles. The van der Waals surface area contributed by atoms with Crippen molar-refractivity contribution in [3.05, 3.63) is 64.7 Å². The Bertz CT molecular complexity index is 958. The summed E-state index contributed by atoms with van der Waals surface area (Å²) >= 11 is 5.86. The van der Waals surface area contributed by atoms with Crippen LogP contribution in [0.2, 0.25) is 5.02 Å². The second-order valence-electron chi connectivity index (χ2n) is 8.29. The molecule has 0 bridgehead atoms. The Balaban J connectivity index is 1.98. The van der Waals surface area contributed by atoms with Crippen LogP contribution in [0.15, 0.2) is 48.5 Å². The third-order valence-corrected chi connectivity index (χ3v) is 5.16. The molecular weight excluding hydrogens is 496 g/mol. The average molecular weight is 527 g/mol. The first kappa shape index (κ1) is 29.7. The van der Waals surface area contributed by atoms with E-state index in [0.717, 1.165) is 0 Å². The van der Waals surface area contributed by atoms with Crippen molar-refractivity contribution >= 4 is 23.4 Å². The maximum Gasteiger partial charge on any atom is 0.349 e. The average Bonchev–Trinajstić information content (AvgIpc) is 2.88. The van der Waals surface area contributed by atoms with Crippen LogP contribution in [0.5, 0.6) is 5.75 Å². The highest BCUT2D eigenvalue weighted by molar-refractivity contribution is 6.30. The number of aliphatic hydroxyl groups is 4. The van der Waals surface area contributed by atoms with Gasteiger partial charge in [0.1, 0.15) is 24.6 Å². The number of aliphatic hydroxyl groups excluding tert-OH is 4. The second kappa shape index (κ2) is 14.2. The molecule has 11 heteroatoms. The van der Waals surface area contributed by atoms with Crippen molar-refractivity contribution in [3.63, 3.8) is 0 Å². The summed E-state index contributed by atoms with van der Waals surface area (Å²) in [5.74, 6) is -0.613. The topological polar surface area (TPSA) is 152 Å². The zero-order chi connectivity index (χ0) is 26.7. The molecule has 4 N–H and O–H groups in total. The van der Waals surface area contributed by atoms with Gasteiger partial charge in [0.25, 0.3) is 0 Å². The fourth-order valence-corrected chi connectivity index (χ4v) is 3.06. The smallest absolute Gasteiger partial charge is 0.349 e. The fourth-order valence-electron chi connectivity index (χ4n) is 2.93. The molecule has 0 aliphatic rings. The van der Waals surface area contributed by atoms with E-state index in [4.69, 9.17) is 35.7 Å². The number of hydrogen-bond donors (Lipinski definition) is 4. The van der Waals surface area contributed by atoms with Gasteiger partial charge in [-0.15, -0.1) is 0 Å². The summed E-state index contributed by atoms with van der Waals surface area (Å²) in [6.45, 7) is 0.733. The Morgan fingerprint density at radius 1 is 0.861 bits per heavy atom. The van der Waals surface area contributed by atoms with Crippen LogP contribution in [-0.2, 0) is 19.0 Å². The second-order valence-corrected chi connectivity index (χ2v) is 8.72. The van der Waals surface area contributed by atoms with E-state index in [2.05, 4.69) is 0 Å². The van der Waals surface area contributed by atoms with Crippen LogP contribution in [0, 0.1) is 0 Å². The lowest BCUT2D eigenvalue weighted by molar-refractivity contribution is -0.183. The molecule has 2 rings (SSSR count). The summed E-state index contributed by atoms with van der Waals surface area (Å²) < 4.78 is 21.5. The Kier molecular flexibility index (Phi) is 11.7. The third kappa shape index (κ3) is 9.14. The standard InChI is InChI=1S/C25H31ClO10/c1-25(2,24(32)34-15-21(14-33-22(30)13-29)35-20(11-27)12-28)36-19-9-5-17(6-10-19)23(31)16-3-7-18(26)8-4-16/h3-10,20-22,27-30H,11-15H2,1-2H3. The molecule has 0 aliphatic carbocycles. The van der Waals surface area contributed by atoms with Gasteiger partial charge in [-0.1, -0.05) is 11.6 Å². The molecule has 36 heavy (non-hydrogen) atoms. The minimum Gasteiger partial charge on any atom is -0.476 e. The van der Waals surface area contributed by atoms with Gasteiger partial charge in [0.05, 0.1) is 26.4 Å². The summed E-state index contributed by atoms with van der Waals surface area (Å²) in [5, 5.41) is 37.2. The molecule has 0 fully saturated rings. The van der Waals surface area contributed by atoms with E-state index in [1.807, 2.05) is 0 Å². The molecule has 0 radical (unpaired) electrons. The number of rotatable bonds is 15. The van der Waals surface area contributed by atoms with Crippen LogP contribution < -0.4 is 4.74 Å². The molecule has 0 heterocycles. The molecule has 0 saturated heterocycles. The Morgan fingerprint density at radius 2 is 1.42 bits per heavy atom. The predicted molar refractivity (Wildman–Crippen MR) is 129 cm³/mol. The highest BCUT2D eigenvalue weighted by atomic mass is 35.5. The van der Waals surface area contributed by atoms with Crippen LogP contribution in [0.4, 0.5) is 0 Å². The summed E-state index contributed by atoms with van der Waals surface area (Å²) in [7, 11) is 0. The number of hydrogen-bond acceptors (Lipinski definition) is 10. The molecule has 0 amide bonds. The van der Waals surface area contributed by atoms with Gasteiger partial charge in [-0.25, -0.2) is 4.79 Å². The third-order valence-electron chi connectivity index (χ3n) is 4.91. The zero-order valence-electron chi connectivity index (χ0n) is 20.0. The molecule has 2 unspecified atom stereocenters. The van der Waals surface area contributed by atoms with E-state index in [-0.39, 0.29) is 19.0 Å². The lowest BCUT2D eigenvalue weighted by Gasteiger charge is -2.27. The quantitative estimate of drug-likeness (QED) is 0.152. The number of ketones is 1. The molecule has 0 aromatic heterocycles. The molecule has 2 aromatic rings. The SMILES string of the molecule is CC(C)(Oc1ccc(C(=O)c2ccc(Cl)cc2)cc1)C(=O)OCC(COC(O)CO)OC(CO)CO. The van der Waals surface area contributed by atoms with Gasteiger partial charge in [-0.05, 0) is 62.4 Å². The van der Waals surface area contributed by atoms with Gasteiger partial charge < -0.3 is 39.4 Å². The summed E-state index contributed by atoms with van der Waals surface area (Å²) in [5.41, 5.74) is -0.517. The molecule has 0 spiro atoms. The first-order valence-corrected chi connectivity index (χ1v) is 11.5. The van der Waals surface area contributed by atoms with Crippen LogP contribution >= 0.6 is 11.6 Å². The Morgan fingerprint density at radius 3 is 1.94 bits per heavy atom. The van der Waals surface area contributed by atoms with Crippen molar-refractivity contribution in [1.82, 2.24) is 0 Å². The highest BCUT2D eigenvalue weighted by Gasteiger charge is 2.33. The van der Waals surface area contributed by atoms with Crippen molar-refractivity contribution < 1.29 is 49.0 Å². The number of carbonyl (C=O) groups is 2. The Hall–Kier alpha value is -2.57. The fraction of sp³-hybridized carbons (Fsp3) is 0.440. The number of halogens is 1. The van der Waals surface area contributed by atoms with E-state index in [1.54, 1.807) is 48.5 Å². The Labute approximate surface area is 213 Å². The zero-order valence-corrected chi connectivity index (χ0v) is 20.8. The van der Waals surface area contributed by atoms with Crippen molar-refractivity contribution in [2.75, 3.05) is 33.0 Å². The molecule has 0 aliphatic heterocycles. The van der Waals surface area contributed by atoms with Gasteiger partial charge in [0.15, 0.2) is 17.7 Å². The summed E-state index contributed by atoms with van der Waals surface area (Å²) in [4.78, 5) is 25.3. The number of esters is 1. The monoisotopic (exact) mass is 526 g/mol. The minimum atomic E-state index is -1.47. The van der Waals surface area contributed by atoms with E-state index in [9.17, 15) is 24.9 Å². The lowest BCUT2D eigenvalue weighted by atomic mass is 10.0. The largest absolute Gasteiger partial charge is 0.476 e. The van der Waals surface area contributed by atoms with Gasteiger partial charge in [-0.2, -0.15) is 0 Å². The molecule has 2 atom stereocenters. The molecule has 2 aromatic carbocycles. The van der Waals surface area contributed by atoms with Gasteiger partial charge in [0, 0.05) is 16.1 Å². The van der Waals surface area contributed by atoms with E-state index in [0.29, 0.717) is 21.9 Å². The maximum absolute atomic E-state index is 12.7. The van der Waals surface area contributed by atoms with Gasteiger partial charge in [-0.3, -0.25) is 4.79 Å². The first-order chi connectivity index (χ1) is 17.1. The number of carbonyl (C=O) groups excluding carboxylic acids is 2. The summed E-state index contributed by atoms with van der Waals surface area (Å²) in [6, 6.07) is 12.8. The molecule has 10 nitrogen and oxygen atoms in total. The normalized spacial score (nSPS) is 13.3. The van der Waals surface area contributed by atoms with E-state index in [1.165, 1.54) is 13.8 Å².